The van der Waals surface area contributed by atoms with Gasteiger partial charge in [0, 0.05) is 10.9 Å². The zero-order chi connectivity index (χ0) is 28.5. The van der Waals surface area contributed by atoms with Crippen LogP contribution in [0.15, 0.2) is 86.0 Å². The van der Waals surface area contributed by atoms with Crippen molar-refractivity contribution in [3.05, 3.63) is 93.3 Å². The second-order valence-electron chi connectivity index (χ2n) is 9.95. The van der Waals surface area contributed by atoms with Crippen molar-refractivity contribution in [2.24, 2.45) is 5.10 Å². The molecule has 3 aromatic carbocycles. The fourth-order valence-corrected chi connectivity index (χ4v) is 5.93. The number of thiazole rings is 1. The highest BCUT2D eigenvalue weighted by molar-refractivity contribution is 9.10. The molecule has 0 unspecified atom stereocenters. The molecular weight excluding hydrogens is 606 g/mol. The van der Waals surface area contributed by atoms with Crippen molar-refractivity contribution in [3.63, 3.8) is 0 Å². The first-order valence-corrected chi connectivity index (χ1v) is 15.5. The molecule has 0 spiro atoms. The molecule has 208 valence electrons. The van der Waals surface area contributed by atoms with Gasteiger partial charge >= 0.3 is 0 Å². The first kappa shape index (κ1) is 29.8. The third-order valence-electron chi connectivity index (χ3n) is 5.82. The van der Waals surface area contributed by atoms with E-state index in [-0.39, 0.29) is 17.1 Å². The van der Waals surface area contributed by atoms with Gasteiger partial charge in [-0.15, -0.1) is 11.3 Å². The van der Waals surface area contributed by atoms with Gasteiger partial charge in [-0.1, -0.05) is 87.1 Å². The Kier molecular flexibility index (Phi) is 10.4. The third-order valence-corrected chi connectivity index (χ3v) is 8.43. The van der Waals surface area contributed by atoms with E-state index in [0.29, 0.717) is 24.7 Å². The molecular formula is C31H32BrN3O3S2. The molecule has 6 nitrogen and oxygen atoms in total. The molecule has 1 aromatic heterocycles. The maximum atomic E-state index is 12.3. The molecule has 4 rings (SSSR count). The highest BCUT2D eigenvalue weighted by Gasteiger charge is 2.15. The summed E-state index contributed by atoms with van der Waals surface area (Å²) in [6, 6.07) is 22.2. The maximum absolute atomic E-state index is 12.3. The van der Waals surface area contributed by atoms with E-state index in [1.165, 1.54) is 28.7 Å². The van der Waals surface area contributed by atoms with Gasteiger partial charge in [0.1, 0.15) is 6.61 Å². The third kappa shape index (κ3) is 8.43. The first-order chi connectivity index (χ1) is 19.2. The van der Waals surface area contributed by atoms with Crippen LogP contribution in [0.2, 0.25) is 0 Å². The van der Waals surface area contributed by atoms with Crippen LogP contribution in [0.3, 0.4) is 0 Å². The van der Waals surface area contributed by atoms with Crippen LogP contribution in [-0.4, -0.2) is 29.5 Å². The number of amides is 1. The number of aromatic nitrogens is 1. The Balaban J connectivity index is 1.32. The standard InChI is InChI=1S/C31H32BrN3O3S2/c1-5-37-27-16-22(15-25(32)29(27)38-18-21-11-13-24(14-12-21)31(2,3)4)17-33-35-28(36)20-40-30-34-26(19-39-30)23-9-7-6-8-10-23/h6-17,19H,5,18,20H2,1-4H3,(H,35,36)/b33-17+. The van der Waals surface area contributed by atoms with Crippen molar-refractivity contribution < 1.29 is 14.3 Å². The van der Waals surface area contributed by atoms with Crippen LogP contribution in [0.25, 0.3) is 11.3 Å². The summed E-state index contributed by atoms with van der Waals surface area (Å²) < 4.78 is 13.6. The molecule has 0 aliphatic heterocycles. The van der Waals surface area contributed by atoms with Gasteiger partial charge in [0.15, 0.2) is 15.8 Å². The molecule has 0 saturated carbocycles. The van der Waals surface area contributed by atoms with Crippen molar-refractivity contribution in [1.82, 2.24) is 10.4 Å². The quantitative estimate of drug-likeness (QED) is 0.102. The van der Waals surface area contributed by atoms with E-state index in [4.69, 9.17) is 9.47 Å². The van der Waals surface area contributed by atoms with E-state index >= 15 is 0 Å². The molecule has 1 amide bonds. The summed E-state index contributed by atoms with van der Waals surface area (Å²) in [6.07, 6.45) is 1.59. The number of ether oxygens (including phenoxy) is 2. The smallest absolute Gasteiger partial charge is 0.250 e. The van der Waals surface area contributed by atoms with Crippen LogP contribution < -0.4 is 14.9 Å². The van der Waals surface area contributed by atoms with E-state index in [1.54, 1.807) is 6.21 Å². The van der Waals surface area contributed by atoms with E-state index in [1.807, 2.05) is 54.8 Å². The summed E-state index contributed by atoms with van der Waals surface area (Å²) in [5.74, 6) is 1.23. The van der Waals surface area contributed by atoms with Crippen molar-refractivity contribution in [1.29, 1.82) is 0 Å². The van der Waals surface area contributed by atoms with Crippen LogP contribution in [0.4, 0.5) is 0 Å². The van der Waals surface area contributed by atoms with E-state index < -0.39 is 0 Å². The SMILES string of the molecule is CCOc1cc(/C=N/NC(=O)CSc2nc(-c3ccccc3)cs2)cc(Br)c1OCc1ccc(C(C)(C)C)cc1. The fraction of sp³-hybridized carbons (Fsp3) is 0.258. The molecule has 0 bridgehead atoms. The number of benzene rings is 3. The van der Waals surface area contributed by atoms with Crippen LogP contribution in [0.1, 0.15) is 44.4 Å². The lowest BCUT2D eigenvalue weighted by Crippen LogP contribution is -2.19. The molecule has 0 aliphatic rings. The number of halogens is 1. The Morgan fingerprint density at radius 2 is 1.85 bits per heavy atom. The van der Waals surface area contributed by atoms with Crippen LogP contribution in [0.5, 0.6) is 11.5 Å². The second kappa shape index (κ2) is 14.0. The zero-order valence-corrected chi connectivity index (χ0v) is 26.2. The summed E-state index contributed by atoms with van der Waals surface area (Å²) in [5, 5.41) is 6.13. The van der Waals surface area contributed by atoms with Crippen molar-refractivity contribution in [2.45, 2.75) is 44.1 Å². The molecule has 0 atom stereocenters. The summed E-state index contributed by atoms with van der Waals surface area (Å²) in [5.41, 5.74) is 7.77. The highest BCUT2D eigenvalue weighted by atomic mass is 79.9. The number of carbonyl (C=O) groups excluding carboxylic acids is 1. The average molecular weight is 639 g/mol. The van der Waals surface area contributed by atoms with Crippen molar-refractivity contribution >= 4 is 51.2 Å². The Labute approximate surface area is 252 Å². The minimum absolute atomic E-state index is 0.105. The van der Waals surface area contributed by atoms with Crippen LogP contribution in [0, 0.1) is 0 Å². The van der Waals surface area contributed by atoms with E-state index in [2.05, 4.69) is 76.5 Å². The minimum Gasteiger partial charge on any atom is -0.490 e. The average Bonchev–Trinajstić information content (AvgIpc) is 3.41. The number of thioether (sulfide) groups is 1. The monoisotopic (exact) mass is 637 g/mol. The Hall–Kier alpha value is -3.14. The normalized spacial score (nSPS) is 11.5. The molecule has 1 N–H and O–H groups in total. The van der Waals surface area contributed by atoms with Gasteiger partial charge in [-0.25, -0.2) is 10.4 Å². The molecule has 9 heteroatoms. The predicted octanol–water partition coefficient (Wildman–Crippen LogP) is 8.09. The molecule has 1 heterocycles. The minimum atomic E-state index is -0.209. The number of hydrogen-bond donors (Lipinski definition) is 1. The Morgan fingerprint density at radius 3 is 2.55 bits per heavy atom. The van der Waals surface area contributed by atoms with Gasteiger partial charge in [0.05, 0.1) is 28.7 Å². The van der Waals surface area contributed by atoms with Gasteiger partial charge in [-0.3, -0.25) is 4.79 Å². The first-order valence-electron chi connectivity index (χ1n) is 12.9. The van der Waals surface area contributed by atoms with Crippen LogP contribution >= 0.6 is 39.0 Å². The van der Waals surface area contributed by atoms with E-state index in [9.17, 15) is 4.79 Å². The molecule has 40 heavy (non-hydrogen) atoms. The lowest BCUT2D eigenvalue weighted by atomic mass is 9.87. The summed E-state index contributed by atoms with van der Waals surface area (Å²) >= 11 is 6.52. The number of rotatable bonds is 11. The lowest BCUT2D eigenvalue weighted by Gasteiger charge is -2.19. The number of hydrogen-bond acceptors (Lipinski definition) is 7. The van der Waals surface area contributed by atoms with Gasteiger partial charge in [0.2, 0.25) is 0 Å². The largest absolute Gasteiger partial charge is 0.490 e. The number of nitrogens with one attached hydrogen (secondary N) is 1. The summed E-state index contributed by atoms with van der Waals surface area (Å²) in [6.45, 7) is 9.42. The highest BCUT2D eigenvalue weighted by Crippen LogP contribution is 2.37. The van der Waals surface area contributed by atoms with Crippen LogP contribution in [-0.2, 0) is 16.8 Å². The van der Waals surface area contributed by atoms with Gasteiger partial charge in [-0.05, 0) is 57.1 Å². The topological polar surface area (TPSA) is 72.8 Å². The summed E-state index contributed by atoms with van der Waals surface area (Å²) in [4.78, 5) is 17.0. The summed E-state index contributed by atoms with van der Waals surface area (Å²) in [7, 11) is 0. The fourth-order valence-electron chi connectivity index (χ4n) is 3.73. The maximum Gasteiger partial charge on any atom is 0.250 e. The molecule has 0 saturated heterocycles. The Bertz CT molecular complexity index is 1450. The van der Waals surface area contributed by atoms with Gasteiger partial charge in [-0.2, -0.15) is 5.10 Å². The lowest BCUT2D eigenvalue weighted by molar-refractivity contribution is -0.118. The van der Waals surface area contributed by atoms with Gasteiger partial charge in [0.25, 0.3) is 5.91 Å². The van der Waals surface area contributed by atoms with Gasteiger partial charge < -0.3 is 9.47 Å². The molecule has 4 aromatic rings. The van der Waals surface area contributed by atoms with E-state index in [0.717, 1.165) is 31.2 Å². The van der Waals surface area contributed by atoms with Crippen molar-refractivity contribution in [2.75, 3.05) is 12.4 Å². The molecule has 0 aliphatic carbocycles. The Morgan fingerprint density at radius 1 is 1.10 bits per heavy atom. The molecule has 0 fully saturated rings. The molecule has 0 radical (unpaired) electrons. The predicted molar refractivity (Wildman–Crippen MR) is 169 cm³/mol. The number of nitrogens with zero attached hydrogens (tertiary/aromatic N) is 2. The second-order valence-corrected chi connectivity index (χ2v) is 12.9. The van der Waals surface area contributed by atoms with Crippen molar-refractivity contribution in [3.8, 4) is 22.8 Å². The number of carbonyl (C=O) groups is 1. The number of hydrazone groups is 1. The zero-order valence-electron chi connectivity index (χ0n) is 22.9.